The quantitative estimate of drug-likeness (QED) is 0.624. The van der Waals surface area contributed by atoms with Gasteiger partial charge in [-0.1, -0.05) is 6.08 Å². The van der Waals surface area contributed by atoms with Gasteiger partial charge in [0.05, 0.1) is 0 Å². The second-order valence-corrected chi connectivity index (χ2v) is 5.23. The van der Waals surface area contributed by atoms with Crippen molar-refractivity contribution in [3.63, 3.8) is 0 Å². The van der Waals surface area contributed by atoms with Crippen molar-refractivity contribution in [1.29, 1.82) is 0 Å². The van der Waals surface area contributed by atoms with Crippen LogP contribution >= 0.6 is 0 Å². The Hall–Kier alpha value is -2.05. The van der Waals surface area contributed by atoms with Crippen molar-refractivity contribution in [2.24, 2.45) is 5.92 Å². The van der Waals surface area contributed by atoms with Gasteiger partial charge in [-0.15, -0.1) is 6.58 Å². The Labute approximate surface area is 124 Å². The van der Waals surface area contributed by atoms with E-state index in [-0.39, 0.29) is 18.4 Å². The van der Waals surface area contributed by atoms with Crippen molar-refractivity contribution < 1.29 is 19.5 Å². The predicted octanol–water partition coefficient (Wildman–Crippen LogP) is 0.573. The van der Waals surface area contributed by atoms with Crippen LogP contribution in [0.15, 0.2) is 12.7 Å². The third-order valence-corrected chi connectivity index (χ3v) is 3.54. The van der Waals surface area contributed by atoms with Crippen LogP contribution in [0.2, 0.25) is 0 Å². The van der Waals surface area contributed by atoms with Crippen molar-refractivity contribution in [2.45, 2.75) is 32.2 Å². The van der Waals surface area contributed by atoms with E-state index in [0.717, 1.165) is 12.8 Å². The Morgan fingerprint density at radius 2 is 2.00 bits per heavy atom. The molecule has 1 aliphatic rings. The topological polar surface area (TPSA) is 98.7 Å². The average molecular weight is 297 g/mol. The summed E-state index contributed by atoms with van der Waals surface area (Å²) >= 11 is 0. The van der Waals surface area contributed by atoms with Crippen molar-refractivity contribution in [3.8, 4) is 0 Å². The number of piperidine rings is 1. The Morgan fingerprint density at radius 1 is 1.38 bits per heavy atom. The van der Waals surface area contributed by atoms with Crippen LogP contribution in [-0.2, 0) is 9.59 Å². The molecule has 0 aromatic carbocycles. The molecule has 0 saturated carbocycles. The van der Waals surface area contributed by atoms with Gasteiger partial charge in [-0.2, -0.15) is 0 Å². The summed E-state index contributed by atoms with van der Waals surface area (Å²) in [5.74, 6) is -0.755. The summed E-state index contributed by atoms with van der Waals surface area (Å²) in [4.78, 5) is 35.5. The van der Waals surface area contributed by atoms with E-state index >= 15 is 0 Å². The highest BCUT2D eigenvalue weighted by atomic mass is 16.4. The molecule has 0 aliphatic carbocycles. The first kappa shape index (κ1) is 17.0. The van der Waals surface area contributed by atoms with E-state index < -0.39 is 12.0 Å². The summed E-state index contributed by atoms with van der Waals surface area (Å²) in [7, 11) is 0. The Kier molecular flexibility index (Phi) is 6.71. The molecule has 7 heteroatoms. The summed E-state index contributed by atoms with van der Waals surface area (Å²) in [5, 5.41) is 14.3. The van der Waals surface area contributed by atoms with Crippen LogP contribution in [0.5, 0.6) is 0 Å². The third kappa shape index (κ3) is 5.85. The number of carbonyl (C=O) groups excluding carboxylic acids is 2. The van der Waals surface area contributed by atoms with Gasteiger partial charge in [0.2, 0.25) is 5.91 Å². The minimum absolute atomic E-state index is 0.0519. The molecule has 1 unspecified atom stereocenters. The minimum Gasteiger partial charge on any atom is -0.480 e. The molecule has 1 rings (SSSR count). The number of nitrogens with zero attached hydrogens (tertiary/aromatic N) is 1. The highest BCUT2D eigenvalue weighted by Gasteiger charge is 2.26. The van der Waals surface area contributed by atoms with E-state index in [0.29, 0.717) is 25.6 Å². The molecule has 1 aliphatic heterocycles. The van der Waals surface area contributed by atoms with E-state index in [9.17, 15) is 14.4 Å². The number of rotatable bonds is 6. The van der Waals surface area contributed by atoms with Gasteiger partial charge in [0.1, 0.15) is 6.04 Å². The van der Waals surface area contributed by atoms with Crippen LogP contribution in [0.4, 0.5) is 4.79 Å². The first-order valence-electron chi connectivity index (χ1n) is 7.07. The highest BCUT2D eigenvalue weighted by Crippen LogP contribution is 2.16. The van der Waals surface area contributed by atoms with Crippen LogP contribution in [0.25, 0.3) is 0 Å². The maximum Gasteiger partial charge on any atom is 0.326 e. The monoisotopic (exact) mass is 297 g/mol. The second-order valence-electron chi connectivity index (χ2n) is 5.23. The smallest absolute Gasteiger partial charge is 0.326 e. The fourth-order valence-electron chi connectivity index (χ4n) is 2.26. The maximum absolute atomic E-state index is 12.0. The fourth-order valence-corrected chi connectivity index (χ4v) is 2.26. The van der Waals surface area contributed by atoms with Gasteiger partial charge in [-0.05, 0) is 25.2 Å². The molecule has 1 heterocycles. The summed E-state index contributed by atoms with van der Waals surface area (Å²) < 4.78 is 0. The fraction of sp³-hybridized carbons (Fsp3) is 0.643. The lowest BCUT2D eigenvalue weighted by atomic mass is 9.97. The average Bonchev–Trinajstić information content (AvgIpc) is 2.45. The maximum atomic E-state index is 12.0. The zero-order chi connectivity index (χ0) is 15.8. The lowest BCUT2D eigenvalue weighted by molar-refractivity contribution is -0.139. The molecule has 3 N–H and O–H groups in total. The van der Waals surface area contributed by atoms with E-state index in [2.05, 4.69) is 17.2 Å². The number of carbonyl (C=O) groups is 3. The number of hydrogen-bond donors (Lipinski definition) is 3. The van der Waals surface area contributed by atoms with Gasteiger partial charge in [0.15, 0.2) is 0 Å². The number of likely N-dealkylation sites (tertiary alicyclic amines) is 1. The number of amides is 3. The number of urea groups is 1. The molecule has 0 aromatic rings. The highest BCUT2D eigenvalue weighted by molar-refractivity contribution is 5.82. The summed E-state index contributed by atoms with van der Waals surface area (Å²) in [6, 6.07) is -1.30. The Balaban J connectivity index is 2.39. The summed E-state index contributed by atoms with van der Waals surface area (Å²) in [6.45, 7) is 6.72. The van der Waals surface area contributed by atoms with Crippen LogP contribution in [0.3, 0.4) is 0 Å². The zero-order valence-electron chi connectivity index (χ0n) is 12.3. The normalized spacial score (nSPS) is 16.9. The molecule has 3 amide bonds. The largest absolute Gasteiger partial charge is 0.480 e. The Bertz CT molecular complexity index is 403. The molecular weight excluding hydrogens is 274 g/mol. The number of carboxylic acid groups (broad SMARTS) is 1. The molecule has 21 heavy (non-hydrogen) atoms. The molecule has 0 spiro atoms. The molecule has 0 aromatic heterocycles. The number of nitrogens with one attached hydrogen (secondary N) is 2. The van der Waals surface area contributed by atoms with Crippen LogP contribution < -0.4 is 10.6 Å². The minimum atomic E-state index is -1.07. The van der Waals surface area contributed by atoms with Gasteiger partial charge in [-0.25, -0.2) is 9.59 Å². The molecule has 1 atom stereocenters. The van der Waals surface area contributed by atoms with E-state index in [1.165, 1.54) is 13.0 Å². The standard InChI is InChI=1S/C14H23N3O4/c1-3-4-12(13(19)20)16-14(21)17-7-5-11(6-8-17)9-15-10(2)18/h3,11-12H,1,4-9H2,2H3,(H,15,18)(H,16,21)(H,19,20). The number of carboxylic acids is 1. The van der Waals surface area contributed by atoms with Gasteiger partial charge >= 0.3 is 12.0 Å². The predicted molar refractivity (Wildman–Crippen MR) is 77.8 cm³/mol. The zero-order valence-corrected chi connectivity index (χ0v) is 12.3. The lowest BCUT2D eigenvalue weighted by Gasteiger charge is -2.32. The van der Waals surface area contributed by atoms with Gasteiger partial charge in [0, 0.05) is 26.6 Å². The second kappa shape index (κ2) is 8.28. The SMILES string of the molecule is C=CCC(NC(=O)N1CCC(CNC(C)=O)CC1)C(=O)O. The van der Waals surface area contributed by atoms with Crippen molar-refractivity contribution in [2.75, 3.05) is 19.6 Å². The van der Waals surface area contributed by atoms with Crippen molar-refractivity contribution >= 4 is 17.9 Å². The third-order valence-electron chi connectivity index (χ3n) is 3.54. The van der Waals surface area contributed by atoms with Crippen LogP contribution in [0.1, 0.15) is 26.2 Å². The van der Waals surface area contributed by atoms with Gasteiger partial charge in [0.25, 0.3) is 0 Å². The Morgan fingerprint density at radius 3 is 2.48 bits per heavy atom. The van der Waals surface area contributed by atoms with Gasteiger partial charge in [-0.3, -0.25) is 4.79 Å². The van der Waals surface area contributed by atoms with Crippen molar-refractivity contribution in [3.05, 3.63) is 12.7 Å². The summed E-state index contributed by atoms with van der Waals surface area (Å²) in [6.07, 6.45) is 3.26. The summed E-state index contributed by atoms with van der Waals surface area (Å²) in [5.41, 5.74) is 0. The molecular formula is C14H23N3O4. The molecule has 1 saturated heterocycles. The molecule has 0 bridgehead atoms. The lowest BCUT2D eigenvalue weighted by Crippen LogP contribution is -2.50. The first-order chi connectivity index (χ1) is 9.93. The molecule has 7 nitrogen and oxygen atoms in total. The number of hydrogen-bond acceptors (Lipinski definition) is 3. The molecule has 1 fully saturated rings. The van der Waals surface area contributed by atoms with Crippen LogP contribution in [-0.4, -0.2) is 53.6 Å². The van der Waals surface area contributed by atoms with E-state index in [1.54, 1.807) is 4.90 Å². The van der Waals surface area contributed by atoms with E-state index in [4.69, 9.17) is 5.11 Å². The van der Waals surface area contributed by atoms with Crippen LogP contribution in [0, 0.1) is 5.92 Å². The molecule has 0 radical (unpaired) electrons. The van der Waals surface area contributed by atoms with Gasteiger partial charge < -0.3 is 20.6 Å². The number of aliphatic carboxylic acids is 1. The van der Waals surface area contributed by atoms with E-state index in [1.807, 2.05) is 0 Å². The van der Waals surface area contributed by atoms with Crippen molar-refractivity contribution in [1.82, 2.24) is 15.5 Å². The molecule has 118 valence electrons. The first-order valence-corrected chi connectivity index (χ1v) is 7.07.